The third-order valence-corrected chi connectivity index (χ3v) is 8.65. The molecule has 0 radical (unpaired) electrons. The Balaban J connectivity index is 1.30. The summed E-state index contributed by atoms with van der Waals surface area (Å²) in [5, 5.41) is 37.6. The summed E-state index contributed by atoms with van der Waals surface area (Å²) in [7, 11) is 1.12. The van der Waals surface area contributed by atoms with E-state index in [1.165, 1.54) is 36.5 Å². The molecule has 0 saturated carbocycles. The number of phenols is 3. The summed E-state index contributed by atoms with van der Waals surface area (Å²) in [6.45, 7) is -0.0344. The van der Waals surface area contributed by atoms with Gasteiger partial charge in [0.2, 0.25) is 5.78 Å². The number of aromatic nitrogens is 1. The molecule has 1 aromatic heterocycles. The van der Waals surface area contributed by atoms with Crippen molar-refractivity contribution in [3.63, 3.8) is 0 Å². The number of hydrogen-bond acceptors (Lipinski definition) is 11. The molecule has 7 rings (SSSR count). The first-order valence-electron chi connectivity index (χ1n) is 13.9. The topological polar surface area (TPSA) is 193 Å². The lowest BCUT2D eigenvalue weighted by Crippen LogP contribution is -2.36. The van der Waals surface area contributed by atoms with Crippen molar-refractivity contribution in [2.75, 3.05) is 7.11 Å². The van der Waals surface area contributed by atoms with Gasteiger partial charge in [0.1, 0.15) is 35.1 Å². The van der Waals surface area contributed by atoms with Crippen molar-refractivity contribution in [2.45, 2.75) is 24.9 Å². The molecule has 0 saturated heterocycles. The molecule has 3 aliphatic carbocycles. The van der Waals surface area contributed by atoms with Gasteiger partial charge in [-0.3, -0.25) is 24.0 Å². The van der Waals surface area contributed by atoms with E-state index in [2.05, 4.69) is 10.1 Å². The molecule has 1 spiro atoms. The molecule has 0 bridgehead atoms. The van der Waals surface area contributed by atoms with Gasteiger partial charge in [0.15, 0.2) is 23.1 Å². The van der Waals surface area contributed by atoms with Crippen LogP contribution in [0.1, 0.15) is 70.2 Å². The number of aryl methyl sites for hydroxylation is 1. The molecular weight excluding hydrogens is 603 g/mol. The molecular formula is C33H21FN2O10. The number of nitrogens with zero attached hydrogens (tertiary/aromatic N) is 1. The molecule has 0 amide bonds. The summed E-state index contributed by atoms with van der Waals surface area (Å²) in [6, 6.07) is 8.77. The van der Waals surface area contributed by atoms with E-state index >= 15 is 0 Å². The van der Waals surface area contributed by atoms with Gasteiger partial charge in [0, 0.05) is 11.6 Å². The second-order valence-corrected chi connectivity index (χ2v) is 11.1. The summed E-state index contributed by atoms with van der Waals surface area (Å²) in [5.41, 5.74) is -4.63. The lowest BCUT2D eigenvalue weighted by Gasteiger charge is -2.22. The Hall–Kier alpha value is -6.11. The third-order valence-electron chi connectivity index (χ3n) is 8.65. The maximum atomic E-state index is 14.1. The van der Waals surface area contributed by atoms with Crippen molar-refractivity contribution in [1.82, 2.24) is 4.98 Å². The number of nitrogens with one attached hydrogen (secondary N) is 1. The van der Waals surface area contributed by atoms with Gasteiger partial charge in [0.25, 0.3) is 5.56 Å². The van der Waals surface area contributed by atoms with E-state index in [-0.39, 0.29) is 41.5 Å². The van der Waals surface area contributed by atoms with Crippen LogP contribution in [0.4, 0.5) is 4.39 Å². The Morgan fingerprint density at radius 2 is 1.67 bits per heavy atom. The number of aromatic amines is 1. The van der Waals surface area contributed by atoms with Gasteiger partial charge >= 0.3 is 0 Å². The van der Waals surface area contributed by atoms with E-state index < -0.39 is 85.2 Å². The summed E-state index contributed by atoms with van der Waals surface area (Å²) < 4.78 is 18.3. The Kier molecular flexibility index (Phi) is 6.20. The number of rotatable bonds is 5. The van der Waals surface area contributed by atoms with Crippen LogP contribution in [0.25, 0.3) is 10.8 Å². The zero-order valence-electron chi connectivity index (χ0n) is 23.8. The predicted octanol–water partition coefficient (Wildman–Crippen LogP) is 3.51. The van der Waals surface area contributed by atoms with E-state index in [1.807, 2.05) is 0 Å². The molecule has 0 unspecified atom stereocenters. The predicted molar refractivity (Wildman–Crippen MR) is 157 cm³/mol. The maximum absolute atomic E-state index is 14.1. The van der Waals surface area contributed by atoms with E-state index in [0.717, 1.165) is 13.2 Å². The van der Waals surface area contributed by atoms with Crippen molar-refractivity contribution in [2.24, 2.45) is 5.16 Å². The lowest BCUT2D eigenvalue weighted by atomic mass is 9.76. The van der Waals surface area contributed by atoms with Crippen molar-refractivity contribution in [1.29, 1.82) is 0 Å². The highest BCUT2D eigenvalue weighted by atomic mass is 19.1. The molecule has 3 aromatic carbocycles. The molecule has 1 heterocycles. The van der Waals surface area contributed by atoms with Gasteiger partial charge < -0.3 is 29.9 Å². The molecule has 13 heteroatoms. The van der Waals surface area contributed by atoms with Crippen LogP contribution in [0.5, 0.6) is 17.2 Å². The lowest BCUT2D eigenvalue weighted by molar-refractivity contribution is 0.0790. The number of aromatic hydroxyl groups is 3. The fraction of sp³-hybridized carbons (Fsp3) is 0.152. The quantitative estimate of drug-likeness (QED) is 0.111. The number of carbonyl (C=O) groups is 4. The van der Waals surface area contributed by atoms with Crippen LogP contribution >= 0.6 is 0 Å². The van der Waals surface area contributed by atoms with Crippen LogP contribution in [-0.2, 0) is 28.0 Å². The second kappa shape index (κ2) is 9.95. The molecule has 4 N–H and O–H groups in total. The Morgan fingerprint density at radius 1 is 0.957 bits per heavy atom. The first-order chi connectivity index (χ1) is 22.0. The van der Waals surface area contributed by atoms with E-state index in [0.29, 0.717) is 11.1 Å². The van der Waals surface area contributed by atoms with Crippen LogP contribution in [0.2, 0.25) is 0 Å². The Morgan fingerprint density at radius 3 is 2.37 bits per heavy atom. The normalized spacial score (nSPS) is 18.3. The number of allylic oxidation sites excluding steroid dienone is 2. The molecule has 1 atom stereocenters. The first kappa shape index (κ1) is 28.6. The average molecular weight is 625 g/mol. The van der Waals surface area contributed by atoms with E-state index in [1.54, 1.807) is 6.07 Å². The van der Waals surface area contributed by atoms with Crippen molar-refractivity contribution < 1.29 is 48.5 Å². The number of hydrogen-bond donors (Lipinski definition) is 4. The fourth-order valence-corrected chi connectivity index (χ4v) is 6.66. The van der Waals surface area contributed by atoms with Gasteiger partial charge in [-0.2, -0.15) is 0 Å². The highest BCUT2D eigenvalue weighted by Gasteiger charge is 2.61. The number of benzene rings is 3. The van der Waals surface area contributed by atoms with Crippen molar-refractivity contribution >= 4 is 40.1 Å². The highest BCUT2D eigenvalue weighted by Crippen LogP contribution is 2.57. The monoisotopic (exact) mass is 624 g/mol. The molecule has 3 aliphatic rings. The minimum atomic E-state index is -2.14. The van der Waals surface area contributed by atoms with Gasteiger partial charge in [0.05, 0.1) is 46.7 Å². The summed E-state index contributed by atoms with van der Waals surface area (Å²) >= 11 is 0. The number of fused-ring (bicyclic) bond motifs is 5. The molecule has 0 fully saturated rings. The van der Waals surface area contributed by atoms with Gasteiger partial charge in [-0.25, -0.2) is 4.39 Å². The summed E-state index contributed by atoms with van der Waals surface area (Å²) in [5.74, 6) is -7.31. The number of methoxy groups -OCH3 is 1. The number of carbonyl (C=O) groups excluding carboxylic acids is 4. The summed E-state index contributed by atoms with van der Waals surface area (Å²) in [4.78, 5) is 74.9. The van der Waals surface area contributed by atoms with E-state index in [4.69, 9.17) is 9.57 Å². The van der Waals surface area contributed by atoms with Crippen LogP contribution in [0.3, 0.4) is 0 Å². The second-order valence-electron chi connectivity index (χ2n) is 11.1. The van der Waals surface area contributed by atoms with Crippen LogP contribution in [0, 0.1) is 5.82 Å². The largest absolute Gasteiger partial charge is 0.507 e. The number of ketones is 4. The molecule has 230 valence electrons. The SMILES string of the molecule is COC1=CC(=O)c2c(O)c3c(c(O)c2C1=O)C(=O)[C@]1(CCc2cc4cc(/C=N/OCc5cccc(F)c5)[nH]c(=O)c4c(O)c21)C3=O. The molecule has 46 heavy (non-hydrogen) atoms. The first-order valence-corrected chi connectivity index (χ1v) is 13.9. The standard InChI is InChI=1S/C33H21FN2O10/c1-45-19-10-18(37)21-22(26(19)38)28(40)24-23(27(21)39)30(42)33(31(24)43)6-5-14-8-15-9-17(36-32(44)20(15)29(41)25(14)33)11-35-46-12-13-3-2-4-16(34)7-13/h2-4,7-11,39-41H,5-6,12H2,1H3,(H,36,44)/b35-11+/t33-/m0/s1. The zero-order chi connectivity index (χ0) is 32.7. The number of H-pyrrole nitrogens is 1. The van der Waals surface area contributed by atoms with Crippen LogP contribution in [-0.4, -0.2) is 56.8 Å². The zero-order valence-corrected chi connectivity index (χ0v) is 23.8. The summed E-state index contributed by atoms with van der Waals surface area (Å²) in [6.07, 6.45) is 1.92. The maximum Gasteiger partial charge on any atom is 0.260 e. The van der Waals surface area contributed by atoms with Gasteiger partial charge in [-0.05, 0) is 47.6 Å². The number of halogens is 1. The Bertz CT molecular complexity index is 2250. The smallest absolute Gasteiger partial charge is 0.260 e. The molecule has 12 nitrogen and oxygen atoms in total. The number of phenolic OH excluding ortho intramolecular Hbond substituents is 3. The minimum Gasteiger partial charge on any atom is -0.507 e. The van der Waals surface area contributed by atoms with Crippen LogP contribution in [0.15, 0.2) is 58.2 Å². The number of pyridine rings is 1. The number of oxime groups is 1. The fourth-order valence-electron chi connectivity index (χ4n) is 6.66. The minimum absolute atomic E-state index is 0.0344. The van der Waals surface area contributed by atoms with Crippen molar-refractivity contribution in [3.8, 4) is 17.2 Å². The number of Topliss-reactive ketones (excluding diaryl/α,β-unsaturated/α-hetero) is 3. The van der Waals surface area contributed by atoms with Gasteiger partial charge in [-0.15, -0.1) is 0 Å². The van der Waals surface area contributed by atoms with Crippen molar-refractivity contribution in [3.05, 3.63) is 109 Å². The highest BCUT2D eigenvalue weighted by molar-refractivity contribution is 6.38. The molecule has 0 aliphatic heterocycles. The number of ether oxygens (including phenoxy) is 1. The average Bonchev–Trinajstić information content (AvgIpc) is 3.51. The third kappa shape index (κ3) is 3.77. The molecule has 4 aromatic rings. The van der Waals surface area contributed by atoms with Gasteiger partial charge in [-0.1, -0.05) is 23.4 Å². The Labute approximate surface area is 257 Å². The van der Waals surface area contributed by atoms with Crippen LogP contribution < -0.4 is 5.56 Å². The van der Waals surface area contributed by atoms with E-state index in [9.17, 15) is 43.7 Å².